The predicted octanol–water partition coefficient (Wildman–Crippen LogP) is 14.5. The first kappa shape index (κ1) is 41.0. The fraction of sp³-hybridized carbons (Fsp3) is 0.545. The molecule has 0 atom stereocenters. The van der Waals surface area contributed by atoms with Crippen molar-refractivity contribution in [2.24, 2.45) is 5.92 Å². The van der Waals surface area contributed by atoms with Crippen LogP contribution in [0.5, 0.6) is 0 Å². The average molecular weight is 745 g/mol. The van der Waals surface area contributed by atoms with Crippen LogP contribution in [0.4, 0.5) is 0 Å². The molecule has 50 heavy (non-hydrogen) atoms. The molecule has 0 amide bonds. The molecule has 0 aliphatic carbocycles. The maximum atomic E-state index is 6.34. The monoisotopic (exact) mass is 744 g/mol. The van der Waals surface area contributed by atoms with Crippen LogP contribution < -0.4 is 0 Å². The molecule has 0 saturated heterocycles. The topological polar surface area (TPSA) is 18.5 Å². The molecule has 0 aliphatic heterocycles. The van der Waals surface area contributed by atoms with Gasteiger partial charge in [-0.25, -0.2) is 0 Å². The van der Waals surface area contributed by atoms with Gasteiger partial charge in [-0.3, -0.25) is 0 Å². The molecule has 0 aliphatic rings. The number of aryl methyl sites for hydroxylation is 2. The van der Waals surface area contributed by atoms with Crippen molar-refractivity contribution in [3.63, 3.8) is 0 Å². The van der Waals surface area contributed by atoms with Gasteiger partial charge >= 0.3 is 0 Å². The highest BCUT2D eigenvalue weighted by molar-refractivity contribution is 7.25. The van der Waals surface area contributed by atoms with E-state index in [-0.39, 0.29) is 0 Å². The third kappa shape index (κ3) is 12.7. The molecule has 272 valence electrons. The Bertz CT molecular complexity index is 1540. The summed E-state index contributed by atoms with van der Waals surface area (Å²) in [7, 11) is -1.01. The van der Waals surface area contributed by atoms with Gasteiger partial charge in [-0.1, -0.05) is 123 Å². The summed E-state index contributed by atoms with van der Waals surface area (Å²) in [6, 6.07) is 27.7. The van der Waals surface area contributed by atoms with Crippen molar-refractivity contribution in [1.82, 2.24) is 0 Å². The van der Waals surface area contributed by atoms with E-state index in [1.165, 1.54) is 93.1 Å². The lowest BCUT2D eigenvalue weighted by atomic mass is 9.99. The minimum Gasteiger partial charge on any atom is -0.417 e. The fourth-order valence-electron chi connectivity index (χ4n) is 5.46. The number of hydrogen-bond acceptors (Lipinski definition) is 4. The fourth-order valence-corrected chi connectivity index (χ4v) is 9.52. The van der Waals surface area contributed by atoms with Crippen LogP contribution in [0.3, 0.4) is 0 Å². The van der Waals surface area contributed by atoms with E-state index in [4.69, 9.17) is 8.85 Å². The molecule has 0 unspecified atom stereocenters. The summed E-state index contributed by atoms with van der Waals surface area (Å²) >= 11 is 3.80. The SMILES string of the molecule is CC(C)C(C)(C)[Si]OCCCCCCc1ccc(-c2ccc(-c3ccc(-c4ccc(CCCCCCO[Si](C)(C)C(C)(C)C)cc4)s3)s2)cc1. The van der Waals surface area contributed by atoms with Crippen molar-refractivity contribution in [3.8, 4) is 30.6 Å². The van der Waals surface area contributed by atoms with Crippen LogP contribution >= 0.6 is 22.7 Å². The molecular formula is C44H64O2S2Si2. The molecule has 2 aromatic carbocycles. The van der Waals surface area contributed by atoms with E-state index < -0.39 is 8.32 Å². The lowest BCUT2D eigenvalue weighted by Crippen LogP contribution is -2.40. The maximum Gasteiger partial charge on any atom is 0.236 e. The van der Waals surface area contributed by atoms with E-state index in [2.05, 4.69) is 134 Å². The summed E-state index contributed by atoms with van der Waals surface area (Å²) in [5.41, 5.74) is 5.52. The van der Waals surface area contributed by atoms with Gasteiger partial charge in [-0.2, -0.15) is 0 Å². The third-order valence-corrected chi connectivity index (χ3v) is 19.3. The van der Waals surface area contributed by atoms with Crippen molar-refractivity contribution in [2.45, 2.75) is 136 Å². The number of unbranched alkanes of at least 4 members (excludes halogenated alkanes) is 6. The van der Waals surface area contributed by atoms with E-state index in [1.54, 1.807) is 0 Å². The smallest absolute Gasteiger partial charge is 0.236 e. The number of rotatable bonds is 21. The number of thiophene rings is 2. The summed E-state index contributed by atoms with van der Waals surface area (Å²) in [5.74, 6) is 0.660. The summed E-state index contributed by atoms with van der Waals surface area (Å²) < 4.78 is 12.3. The van der Waals surface area contributed by atoms with Gasteiger partial charge in [0.25, 0.3) is 0 Å². The van der Waals surface area contributed by atoms with Crippen LogP contribution in [0.1, 0.15) is 111 Å². The van der Waals surface area contributed by atoms with E-state index in [1.807, 2.05) is 22.7 Å². The molecule has 2 heterocycles. The van der Waals surface area contributed by atoms with Crippen LogP contribution in [-0.4, -0.2) is 31.3 Å². The van der Waals surface area contributed by atoms with Crippen molar-refractivity contribution < 1.29 is 8.85 Å². The molecule has 2 aromatic heterocycles. The Hall–Kier alpha value is -1.81. The number of benzene rings is 2. The molecule has 0 saturated carbocycles. The minimum absolute atomic E-state index is 0.291. The average Bonchev–Trinajstić information content (AvgIpc) is 3.76. The zero-order valence-corrected chi connectivity index (χ0v) is 36.3. The summed E-state index contributed by atoms with van der Waals surface area (Å²) in [4.78, 5) is 5.39. The number of hydrogen-bond donors (Lipinski definition) is 0. The van der Waals surface area contributed by atoms with E-state index in [0.717, 1.165) is 26.1 Å². The van der Waals surface area contributed by atoms with E-state index in [9.17, 15) is 0 Å². The summed E-state index contributed by atoms with van der Waals surface area (Å²) in [5, 5.41) is 0.590. The van der Waals surface area contributed by atoms with Gasteiger partial charge in [-0.05, 0) is 114 Å². The quantitative estimate of drug-likeness (QED) is 0.0625. The van der Waals surface area contributed by atoms with Crippen molar-refractivity contribution in [3.05, 3.63) is 83.9 Å². The van der Waals surface area contributed by atoms with Gasteiger partial charge in [0, 0.05) is 32.7 Å². The Kier molecular flexibility index (Phi) is 15.8. The highest BCUT2D eigenvalue weighted by atomic mass is 32.1. The van der Waals surface area contributed by atoms with Crippen LogP contribution in [-0.2, 0) is 21.7 Å². The summed E-state index contributed by atoms with van der Waals surface area (Å²) in [6.07, 6.45) is 12.2. The van der Waals surface area contributed by atoms with Gasteiger partial charge in [0.05, 0.1) is 0 Å². The molecule has 0 N–H and O–H groups in total. The van der Waals surface area contributed by atoms with Gasteiger partial charge in [0.1, 0.15) is 0 Å². The lowest BCUT2D eigenvalue weighted by molar-refractivity contribution is 0.277. The third-order valence-electron chi connectivity index (χ3n) is 10.8. The molecule has 6 heteroatoms. The zero-order chi connectivity index (χ0) is 36.2. The Morgan fingerprint density at radius 3 is 1.42 bits per heavy atom. The largest absolute Gasteiger partial charge is 0.417 e. The van der Waals surface area contributed by atoms with Crippen molar-refractivity contribution >= 4 is 40.8 Å². The van der Waals surface area contributed by atoms with Crippen LogP contribution in [0, 0.1) is 5.92 Å². The predicted molar refractivity (Wildman–Crippen MR) is 227 cm³/mol. The van der Waals surface area contributed by atoms with Gasteiger partial charge < -0.3 is 8.85 Å². The molecule has 4 rings (SSSR count). The Balaban J connectivity index is 1.15. The molecule has 0 bridgehead atoms. The second kappa shape index (κ2) is 19.3. The minimum atomic E-state index is -1.61. The first-order chi connectivity index (χ1) is 23.7. The summed E-state index contributed by atoms with van der Waals surface area (Å²) in [6.45, 7) is 22.7. The first-order valence-electron chi connectivity index (χ1n) is 19.2. The second-order valence-corrected chi connectivity index (χ2v) is 25.2. The second-order valence-electron chi connectivity index (χ2n) is 16.5. The van der Waals surface area contributed by atoms with Crippen molar-refractivity contribution in [2.75, 3.05) is 13.2 Å². The van der Waals surface area contributed by atoms with Gasteiger partial charge in [0.2, 0.25) is 9.76 Å². The highest BCUT2D eigenvalue weighted by Crippen LogP contribution is 2.41. The molecule has 2 nitrogen and oxygen atoms in total. The Labute approximate surface area is 317 Å². The molecule has 4 aromatic rings. The molecular weight excluding hydrogens is 681 g/mol. The van der Waals surface area contributed by atoms with E-state index >= 15 is 0 Å². The maximum absolute atomic E-state index is 6.34. The van der Waals surface area contributed by atoms with Crippen molar-refractivity contribution in [1.29, 1.82) is 0 Å². The van der Waals surface area contributed by atoms with Crippen LogP contribution in [0.2, 0.25) is 23.2 Å². The normalized spacial score (nSPS) is 12.7. The molecule has 0 fully saturated rings. The zero-order valence-electron chi connectivity index (χ0n) is 32.6. The Morgan fingerprint density at radius 2 is 0.980 bits per heavy atom. The molecule has 2 radical (unpaired) electrons. The standard InChI is InChI=1S/C44H64O2S2Si2/c1-34(2)44(6,7)49-45-32-16-12-10-14-18-35-20-24-37(25-21-35)39-28-30-41(47-39)42-31-29-40(48-42)38-26-22-36(23-27-38)19-15-11-13-17-33-46-50(8,9)43(3,4)5/h20-31,34H,10-19,32-33H2,1-9H3. The van der Waals surface area contributed by atoms with Crippen LogP contribution in [0.15, 0.2) is 72.8 Å². The first-order valence-corrected chi connectivity index (χ1v) is 24.6. The van der Waals surface area contributed by atoms with E-state index in [0.29, 0.717) is 25.8 Å². The van der Waals surface area contributed by atoms with Gasteiger partial charge in [0.15, 0.2) is 8.32 Å². The Morgan fingerprint density at radius 1 is 0.560 bits per heavy atom. The van der Waals surface area contributed by atoms with Crippen LogP contribution in [0.25, 0.3) is 30.6 Å². The highest BCUT2D eigenvalue weighted by Gasteiger charge is 2.36. The van der Waals surface area contributed by atoms with Gasteiger partial charge in [-0.15, -0.1) is 22.7 Å². The molecule has 0 spiro atoms. The lowest BCUT2D eigenvalue weighted by Gasteiger charge is -2.36.